The maximum atomic E-state index is 10.0. The van der Waals surface area contributed by atoms with Gasteiger partial charge in [-0.3, -0.25) is 0 Å². The van der Waals surface area contributed by atoms with Gasteiger partial charge in [0.2, 0.25) is 0 Å². The number of imidazole rings is 1. The van der Waals surface area contributed by atoms with Crippen molar-refractivity contribution in [2.75, 3.05) is 13.2 Å². The summed E-state index contributed by atoms with van der Waals surface area (Å²) in [5.74, 6) is 0. The van der Waals surface area contributed by atoms with Crippen molar-refractivity contribution in [3.8, 4) is 0 Å². The number of ether oxygens (including phenoxy) is 1. The van der Waals surface area contributed by atoms with E-state index >= 15 is 0 Å². The number of hydrogen-bond donors (Lipinski definition) is 1. The van der Waals surface area contributed by atoms with E-state index in [2.05, 4.69) is 11.9 Å². The summed E-state index contributed by atoms with van der Waals surface area (Å²) in [6.07, 6.45) is 6.59. The Balaban J connectivity index is 2.35. The van der Waals surface area contributed by atoms with Crippen molar-refractivity contribution < 1.29 is 9.84 Å². The van der Waals surface area contributed by atoms with Gasteiger partial charge in [-0.05, 0) is 13.3 Å². The Morgan fingerprint density at radius 3 is 2.86 bits per heavy atom. The van der Waals surface area contributed by atoms with E-state index in [1.165, 1.54) is 0 Å². The van der Waals surface area contributed by atoms with Crippen LogP contribution in [-0.4, -0.2) is 27.9 Å². The lowest BCUT2D eigenvalue weighted by Gasteiger charge is -2.24. The highest BCUT2D eigenvalue weighted by Gasteiger charge is 2.21. The Morgan fingerprint density at radius 2 is 2.29 bits per heavy atom. The predicted octanol–water partition coefficient (Wildman–Crippen LogP) is 1.36. The van der Waals surface area contributed by atoms with E-state index in [4.69, 9.17) is 4.74 Å². The molecule has 14 heavy (non-hydrogen) atoms. The molecule has 1 aromatic rings. The van der Waals surface area contributed by atoms with Crippen LogP contribution in [0.2, 0.25) is 0 Å². The van der Waals surface area contributed by atoms with E-state index in [0.29, 0.717) is 13.0 Å². The van der Waals surface area contributed by atoms with Crippen molar-refractivity contribution in [1.29, 1.82) is 0 Å². The van der Waals surface area contributed by atoms with Crippen molar-refractivity contribution in [1.82, 2.24) is 9.55 Å². The monoisotopic (exact) mass is 198 g/mol. The standard InChI is InChI=1S/C10H18N2O2/c1-3-7-14-8-4-10(2,13)12-6-5-11-9-12/h5-6,9,13H,3-4,7-8H2,1-2H3. The molecule has 1 heterocycles. The minimum absolute atomic E-state index is 0.568. The molecule has 0 spiro atoms. The van der Waals surface area contributed by atoms with Crippen molar-refractivity contribution in [3.63, 3.8) is 0 Å². The lowest BCUT2D eigenvalue weighted by atomic mass is 10.2. The summed E-state index contributed by atoms with van der Waals surface area (Å²) in [7, 11) is 0. The molecule has 1 aromatic heterocycles. The van der Waals surface area contributed by atoms with Crippen LogP contribution in [0.4, 0.5) is 0 Å². The van der Waals surface area contributed by atoms with E-state index < -0.39 is 5.72 Å². The molecule has 1 unspecified atom stereocenters. The molecule has 4 nitrogen and oxygen atoms in total. The fraction of sp³-hybridized carbons (Fsp3) is 0.700. The maximum absolute atomic E-state index is 10.0. The maximum Gasteiger partial charge on any atom is 0.141 e. The van der Waals surface area contributed by atoms with Gasteiger partial charge in [-0.2, -0.15) is 0 Å². The van der Waals surface area contributed by atoms with E-state index in [1.807, 2.05) is 0 Å². The van der Waals surface area contributed by atoms with Crippen LogP contribution < -0.4 is 0 Å². The lowest BCUT2D eigenvalue weighted by molar-refractivity contribution is -0.0486. The van der Waals surface area contributed by atoms with Gasteiger partial charge >= 0.3 is 0 Å². The van der Waals surface area contributed by atoms with Gasteiger partial charge < -0.3 is 14.4 Å². The molecule has 0 bridgehead atoms. The van der Waals surface area contributed by atoms with Crippen LogP contribution in [0.25, 0.3) is 0 Å². The molecular weight excluding hydrogens is 180 g/mol. The zero-order valence-corrected chi connectivity index (χ0v) is 8.81. The molecule has 0 saturated carbocycles. The number of hydrogen-bond acceptors (Lipinski definition) is 3. The zero-order valence-electron chi connectivity index (χ0n) is 8.81. The second kappa shape index (κ2) is 5.12. The Kier molecular flexibility index (Phi) is 4.10. The molecule has 1 atom stereocenters. The number of rotatable bonds is 6. The minimum atomic E-state index is -0.899. The van der Waals surface area contributed by atoms with Gasteiger partial charge in [-0.25, -0.2) is 4.98 Å². The van der Waals surface area contributed by atoms with Gasteiger partial charge in [0.05, 0.1) is 12.9 Å². The van der Waals surface area contributed by atoms with E-state index in [0.717, 1.165) is 13.0 Å². The first-order chi connectivity index (χ1) is 6.67. The van der Waals surface area contributed by atoms with Crippen molar-refractivity contribution in [2.45, 2.75) is 32.4 Å². The van der Waals surface area contributed by atoms with Crippen molar-refractivity contribution in [2.24, 2.45) is 0 Å². The van der Waals surface area contributed by atoms with Gasteiger partial charge in [-0.1, -0.05) is 6.92 Å². The SMILES string of the molecule is CCCOCCC(C)(O)n1ccnc1. The predicted molar refractivity (Wildman–Crippen MR) is 53.8 cm³/mol. The van der Waals surface area contributed by atoms with Crippen LogP contribution in [-0.2, 0) is 10.5 Å². The molecule has 4 heteroatoms. The second-order valence-corrected chi connectivity index (χ2v) is 3.55. The van der Waals surface area contributed by atoms with Crippen LogP contribution in [0.3, 0.4) is 0 Å². The number of aliphatic hydroxyl groups is 1. The van der Waals surface area contributed by atoms with E-state index in [-0.39, 0.29) is 0 Å². The average molecular weight is 198 g/mol. The highest BCUT2D eigenvalue weighted by atomic mass is 16.5. The first-order valence-electron chi connectivity index (χ1n) is 4.95. The van der Waals surface area contributed by atoms with Gasteiger partial charge in [0.1, 0.15) is 5.72 Å². The summed E-state index contributed by atoms with van der Waals surface area (Å²) in [6, 6.07) is 0. The van der Waals surface area contributed by atoms with Crippen LogP contribution in [0, 0.1) is 0 Å². The third-order valence-corrected chi connectivity index (χ3v) is 2.13. The third kappa shape index (κ3) is 3.12. The smallest absolute Gasteiger partial charge is 0.141 e. The first-order valence-corrected chi connectivity index (χ1v) is 4.95. The molecule has 0 saturated heterocycles. The second-order valence-electron chi connectivity index (χ2n) is 3.55. The fourth-order valence-electron chi connectivity index (χ4n) is 1.19. The Bertz CT molecular complexity index is 245. The summed E-state index contributed by atoms with van der Waals surface area (Å²) < 4.78 is 7.01. The molecule has 0 fully saturated rings. The van der Waals surface area contributed by atoms with E-state index in [9.17, 15) is 5.11 Å². The summed E-state index contributed by atoms with van der Waals surface area (Å²) >= 11 is 0. The Labute approximate surface area is 84.5 Å². The zero-order chi connectivity index (χ0) is 10.4. The largest absolute Gasteiger partial charge is 0.381 e. The third-order valence-electron chi connectivity index (χ3n) is 2.13. The first kappa shape index (κ1) is 11.2. The molecule has 0 aliphatic carbocycles. The molecule has 1 N–H and O–H groups in total. The molecule has 0 aliphatic rings. The molecule has 0 radical (unpaired) electrons. The highest BCUT2D eigenvalue weighted by Crippen LogP contribution is 2.15. The molecule has 0 aliphatic heterocycles. The number of aromatic nitrogens is 2. The minimum Gasteiger partial charge on any atom is -0.381 e. The summed E-state index contributed by atoms with van der Waals surface area (Å²) in [5.41, 5.74) is -0.899. The van der Waals surface area contributed by atoms with Crippen LogP contribution >= 0.6 is 0 Å². The normalized spacial score (nSPS) is 15.4. The Hall–Kier alpha value is -0.870. The summed E-state index contributed by atoms with van der Waals surface area (Å²) in [5, 5.41) is 10.0. The summed E-state index contributed by atoms with van der Waals surface area (Å²) in [4.78, 5) is 3.90. The molecule has 0 amide bonds. The molecule has 80 valence electrons. The van der Waals surface area contributed by atoms with Crippen molar-refractivity contribution >= 4 is 0 Å². The lowest BCUT2D eigenvalue weighted by Crippen LogP contribution is -2.30. The van der Waals surface area contributed by atoms with Crippen LogP contribution in [0.5, 0.6) is 0 Å². The molecule has 0 aromatic carbocycles. The summed E-state index contributed by atoms with van der Waals surface area (Å²) in [6.45, 7) is 5.14. The quantitative estimate of drug-likeness (QED) is 0.702. The van der Waals surface area contributed by atoms with Gasteiger partial charge in [0, 0.05) is 25.4 Å². The fourth-order valence-corrected chi connectivity index (χ4v) is 1.19. The van der Waals surface area contributed by atoms with Gasteiger partial charge in [0.25, 0.3) is 0 Å². The number of nitrogens with zero attached hydrogens (tertiary/aromatic N) is 2. The average Bonchev–Trinajstić information content (AvgIpc) is 2.65. The Morgan fingerprint density at radius 1 is 1.50 bits per heavy atom. The highest BCUT2D eigenvalue weighted by molar-refractivity contribution is 4.82. The molecule has 1 rings (SSSR count). The topological polar surface area (TPSA) is 47.3 Å². The van der Waals surface area contributed by atoms with Gasteiger partial charge in [0.15, 0.2) is 0 Å². The van der Waals surface area contributed by atoms with Crippen LogP contribution in [0.15, 0.2) is 18.7 Å². The van der Waals surface area contributed by atoms with Crippen LogP contribution in [0.1, 0.15) is 26.7 Å². The van der Waals surface area contributed by atoms with E-state index in [1.54, 1.807) is 30.2 Å². The van der Waals surface area contributed by atoms with Crippen molar-refractivity contribution in [3.05, 3.63) is 18.7 Å². The van der Waals surface area contributed by atoms with Gasteiger partial charge in [-0.15, -0.1) is 0 Å². The molecular formula is C10H18N2O2.